The van der Waals surface area contributed by atoms with Crippen LogP contribution in [0.5, 0.6) is 0 Å². The molecule has 3 aromatic rings. The summed E-state index contributed by atoms with van der Waals surface area (Å²) in [5.74, 6) is -0.360. The third-order valence-corrected chi connectivity index (χ3v) is 7.62. The van der Waals surface area contributed by atoms with E-state index in [-0.39, 0.29) is 27.4 Å². The average molecular weight is 469 g/mol. The maximum Gasteiger partial charge on any atom is 0.263 e. The van der Waals surface area contributed by atoms with Crippen molar-refractivity contribution in [3.8, 4) is 0 Å². The molecule has 0 aliphatic heterocycles. The molecular weight excluding hydrogens is 444 g/mol. The Labute approximate surface area is 193 Å². The van der Waals surface area contributed by atoms with Crippen LogP contribution in [0.4, 0.5) is 5.69 Å². The van der Waals surface area contributed by atoms with Gasteiger partial charge in [0.05, 0.1) is 11.1 Å². The van der Waals surface area contributed by atoms with Gasteiger partial charge in [-0.15, -0.1) is 0 Å². The molecule has 0 saturated heterocycles. The number of rotatable bonds is 6. The van der Waals surface area contributed by atoms with Crippen LogP contribution in [0.25, 0.3) is 0 Å². The highest BCUT2D eigenvalue weighted by Gasteiger charge is 2.22. The first-order chi connectivity index (χ1) is 15.2. The lowest BCUT2D eigenvalue weighted by Gasteiger charge is -2.16. The summed E-state index contributed by atoms with van der Waals surface area (Å²) < 4.78 is 28.3. The van der Waals surface area contributed by atoms with Gasteiger partial charge >= 0.3 is 0 Å². The minimum atomic E-state index is -3.96. The topological polar surface area (TPSA) is 75.3 Å². The Morgan fingerprint density at radius 3 is 2.44 bits per heavy atom. The Hall–Kier alpha value is -2.83. The maximum absolute atomic E-state index is 12.9. The van der Waals surface area contributed by atoms with Gasteiger partial charge in [0.1, 0.15) is 4.90 Å². The zero-order chi connectivity index (χ0) is 22.9. The number of carbonyl (C=O) groups excluding carboxylic acids is 1. The van der Waals surface area contributed by atoms with Crippen molar-refractivity contribution in [1.29, 1.82) is 0 Å². The smallest absolute Gasteiger partial charge is 0.263 e. The lowest BCUT2D eigenvalue weighted by molar-refractivity contribution is 0.0939. The van der Waals surface area contributed by atoms with Gasteiger partial charge < -0.3 is 5.32 Å². The molecular formula is C25H25ClN2O3S. The minimum absolute atomic E-state index is 0.0489. The largest absolute Gasteiger partial charge is 0.346 e. The predicted octanol–water partition coefficient (Wildman–Crippen LogP) is 5.43. The van der Waals surface area contributed by atoms with E-state index in [1.54, 1.807) is 12.1 Å². The summed E-state index contributed by atoms with van der Waals surface area (Å²) in [6, 6.07) is 17.3. The molecule has 1 aliphatic rings. The van der Waals surface area contributed by atoms with Gasteiger partial charge in [-0.1, -0.05) is 47.5 Å². The minimum Gasteiger partial charge on any atom is -0.346 e. The number of benzene rings is 3. The number of fused-ring (bicyclic) bond motifs is 1. The first kappa shape index (κ1) is 22.4. The molecule has 0 radical (unpaired) electrons. The number of amides is 1. The molecule has 0 heterocycles. The Morgan fingerprint density at radius 2 is 1.69 bits per heavy atom. The second-order valence-electron chi connectivity index (χ2n) is 8.19. The molecule has 1 aliphatic carbocycles. The van der Waals surface area contributed by atoms with E-state index in [2.05, 4.69) is 22.2 Å². The van der Waals surface area contributed by atoms with Gasteiger partial charge in [0.2, 0.25) is 0 Å². The molecule has 0 fully saturated rings. The molecule has 7 heteroatoms. The van der Waals surface area contributed by atoms with Gasteiger partial charge in [-0.25, -0.2) is 8.42 Å². The van der Waals surface area contributed by atoms with E-state index in [0.29, 0.717) is 5.69 Å². The van der Waals surface area contributed by atoms with Crippen molar-refractivity contribution in [3.63, 3.8) is 0 Å². The fourth-order valence-corrected chi connectivity index (χ4v) is 5.49. The monoisotopic (exact) mass is 468 g/mol. The fraction of sp³-hybridized carbons (Fsp3) is 0.240. The third-order valence-electron chi connectivity index (χ3n) is 5.76. The van der Waals surface area contributed by atoms with Gasteiger partial charge in [0, 0.05) is 11.3 Å². The second kappa shape index (κ2) is 8.96. The van der Waals surface area contributed by atoms with Crippen LogP contribution in [-0.4, -0.2) is 14.3 Å². The molecule has 166 valence electrons. The van der Waals surface area contributed by atoms with Crippen molar-refractivity contribution in [2.45, 2.75) is 44.0 Å². The van der Waals surface area contributed by atoms with Gasteiger partial charge in [0.25, 0.3) is 15.9 Å². The van der Waals surface area contributed by atoms with E-state index in [1.807, 2.05) is 32.0 Å². The van der Waals surface area contributed by atoms with Gasteiger partial charge in [-0.05, 0) is 80.1 Å². The molecule has 0 bridgehead atoms. The average Bonchev–Trinajstić information content (AvgIpc) is 3.23. The number of sulfonamides is 1. The van der Waals surface area contributed by atoms with Gasteiger partial charge in [-0.3, -0.25) is 9.52 Å². The molecule has 3 aromatic carbocycles. The van der Waals surface area contributed by atoms with Crippen molar-refractivity contribution in [1.82, 2.24) is 5.32 Å². The first-order valence-electron chi connectivity index (χ1n) is 10.5. The summed E-state index contributed by atoms with van der Waals surface area (Å²) in [4.78, 5) is 12.7. The summed E-state index contributed by atoms with van der Waals surface area (Å²) in [5, 5.41) is 3.01. The zero-order valence-corrected chi connectivity index (χ0v) is 19.6. The van der Waals surface area contributed by atoms with Crippen molar-refractivity contribution in [3.05, 3.63) is 93.5 Å². The van der Waals surface area contributed by atoms with E-state index in [1.165, 1.54) is 29.3 Å². The van der Waals surface area contributed by atoms with Crippen LogP contribution in [0, 0.1) is 6.92 Å². The zero-order valence-electron chi connectivity index (χ0n) is 18.0. The van der Waals surface area contributed by atoms with Gasteiger partial charge in [-0.2, -0.15) is 0 Å². The van der Waals surface area contributed by atoms with Crippen LogP contribution < -0.4 is 10.0 Å². The van der Waals surface area contributed by atoms with Crippen LogP contribution in [-0.2, 0) is 22.9 Å². The highest BCUT2D eigenvalue weighted by atomic mass is 35.5. The Kier molecular flexibility index (Phi) is 6.26. The van der Waals surface area contributed by atoms with E-state index in [4.69, 9.17) is 11.6 Å². The van der Waals surface area contributed by atoms with Crippen LogP contribution in [0.15, 0.2) is 65.6 Å². The summed E-state index contributed by atoms with van der Waals surface area (Å²) in [7, 11) is -3.96. The van der Waals surface area contributed by atoms with E-state index >= 15 is 0 Å². The maximum atomic E-state index is 12.9. The number of nitrogens with one attached hydrogen (secondary N) is 2. The lowest BCUT2D eigenvalue weighted by atomic mass is 10.0. The molecule has 1 amide bonds. The summed E-state index contributed by atoms with van der Waals surface area (Å²) in [5.41, 5.74) is 5.41. The molecule has 32 heavy (non-hydrogen) atoms. The predicted molar refractivity (Wildman–Crippen MR) is 128 cm³/mol. The quantitative estimate of drug-likeness (QED) is 0.506. The third kappa shape index (κ3) is 4.81. The standard InChI is InChI=1S/C25H25ClN2O3S/c1-16-6-11-22(12-7-16)28-32(30,31)24-15-21(10-13-23(24)26)25(29)27-17(2)19-9-8-18-4-3-5-20(18)14-19/h6-15,17,28H,3-5H2,1-2H3,(H,27,29). The molecule has 0 aromatic heterocycles. The lowest BCUT2D eigenvalue weighted by Crippen LogP contribution is -2.27. The number of carbonyl (C=O) groups is 1. The summed E-state index contributed by atoms with van der Waals surface area (Å²) in [6.07, 6.45) is 3.34. The number of hydrogen-bond donors (Lipinski definition) is 2. The highest BCUT2D eigenvalue weighted by Crippen LogP contribution is 2.27. The fourth-order valence-electron chi connectivity index (χ4n) is 3.91. The first-order valence-corrected chi connectivity index (χ1v) is 12.4. The Balaban J connectivity index is 1.53. The van der Waals surface area contributed by atoms with Crippen LogP contribution in [0.2, 0.25) is 5.02 Å². The molecule has 2 N–H and O–H groups in total. The summed E-state index contributed by atoms with van der Waals surface area (Å²) >= 11 is 6.18. The second-order valence-corrected chi connectivity index (χ2v) is 10.3. The molecule has 1 atom stereocenters. The van der Waals surface area contributed by atoms with E-state index < -0.39 is 10.0 Å². The number of anilines is 1. The number of aryl methyl sites for hydroxylation is 3. The van der Waals surface area contributed by atoms with Crippen molar-refractivity contribution in [2.75, 3.05) is 4.72 Å². The van der Waals surface area contributed by atoms with Crippen molar-refractivity contribution in [2.24, 2.45) is 0 Å². The van der Waals surface area contributed by atoms with Crippen molar-refractivity contribution >= 4 is 33.2 Å². The van der Waals surface area contributed by atoms with E-state index in [0.717, 1.165) is 30.4 Å². The van der Waals surface area contributed by atoms with Gasteiger partial charge in [0.15, 0.2) is 0 Å². The molecule has 4 rings (SSSR count). The molecule has 5 nitrogen and oxygen atoms in total. The number of halogens is 1. The van der Waals surface area contributed by atoms with E-state index in [9.17, 15) is 13.2 Å². The summed E-state index contributed by atoms with van der Waals surface area (Å²) in [6.45, 7) is 3.84. The van der Waals surface area contributed by atoms with Crippen LogP contribution in [0.1, 0.15) is 52.0 Å². The van der Waals surface area contributed by atoms with Crippen molar-refractivity contribution < 1.29 is 13.2 Å². The SMILES string of the molecule is Cc1ccc(NS(=O)(=O)c2cc(C(=O)NC(C)c3ccc4c(c3)CCC4)ccc2Cl)cc1. The molecule has 0 spiro atoms. The Morgan fingerprint density at radius 1 is 0.969 bits per heavy atom. The van der Waals surface area contributed by atoms with Crippen LogP contribution in [0.3, 0.4) is 0 Å². The Bertz CT molecular complexity index is 1270. The normalized spacial score (nSPS) is 14.0. The highest BCUT2D eigenvalue weighted by molar-refractivity contribution is 7.92. The van der Waals surface area contributed by atoms with Crippen LogP contribution >= 0.6 is 11.6 Å². The number of hydrogen-bond acceptors (Lipinski definition) is 3. The molecule has 1 unspecified atom stereocenters. The molecule has 0 saturated carbocycles.